The predicted molar refractivity (Wildman–Crippen MR) is 95.1 cm³/mol. The minimum absolute atomic E-state index is 0.134. The lowest BCUT2D eigenvalue weighted by Crippen LogP contribution is -2.42. The Labute approximate surface area is 147 Å². The molecule has 0 heterocycles. The van der Waals surface area contributed by atoms with Crippen LogP contribution in [0.4, 0.5) is 4.39 Å². The number of aliphatic hydroxyl groups is 1. The summed E-state index contributed by atoms with van der Waals surface area (Å²) in [7, 11) is 1.60. The average Bonchev–Trinajstić information content (AvgIpc) is 2.60. The van der Waals surface area contributed by atoms with Gasteiger partial charge in [-0.25, -0.2) is 4.39 Å². The molecule has 1 atom stereocenters. The second-order valence-corrected chi connectivity index (χ2v) is 6.39. The number of nitrogens with one attached hydrogen (secondary N) is 1. The number of rotatable bonds is 8. The molecule has 2 N–H and O–H groups in total. The van der Waals surface area contributed by atoms with Crippen molar-refractivity contribution in [3.8, 4) is 5.75 Å². The lowest BCUT2D eigenvalue weighted by atomic mass is 9.96. The van der Waals surface area contributed by atoms with Crippen LogP contribution in [0.1, 0.15) is 24.5 Å². The zero-order valence-corrected chi connectivity index (χ0v) is 14.6. The van der Waals surface area contributed by atoms with Crippen LogP contribution in [0, 0.1) is 5.82 Å². The number of aryl methyl sites for hydroxylation is 1. The Hall–Kier alpha value is -2.40. The fourth-order valence-electron chi connectivity index (χ4n) is 2.57. The van der Waals surface area contributed by atoms with E-state index in [9.17, 15) is 14.3 Å². The molecule has 1 unspecified atom stereocenters. The summed E-state index contributed by atoms with van der Waals surface area (Å²) in [4.78, 5) is 11.9. The number of hydrogen-bond acceptors (Lipinski definition) is 3. The Bertz CT molecular complexity index is 698. The molecule has 0 aliphatic rings. The van der Waals surface area contributed by atoms with E-state index in [0.717, 1.165) is 11.3 Å². The van der Waals surface area contributed by atoms with E-state index in [2.05, 4.69) is 5.32 Å². The van der Waals surface area contributed by atoms with Crippen molar-refractivity contribution in [2.75, 3.05) is 13.7 Å². The molecule has 0 fully saturated rings. The molecule has 0 aliphatic carbocycles. The second-order valence-electron chi connectivity index (χ2n) is 6.39. The number of carbonyl (C=O) groups is 1. The van der Waals surface area contributed by atoms with E-state index in [1.54, 1.807) is 32.2 Å². The maximum absolute atomic E-state index is 13.5. The Morgan fingerprint density at radius 2 is 1.88 bits per heavy atom. The van der Waals surface area contributed by atoms with Crippen molar-refractivity contribution >= 4 is 5.91 Å². The molecule has 4 nitrogen and oxygen atoms in total. The minimum atomic E-state index is -1.07. The average molecular weight is 345 g/mol. The molecule has 0 saturated carbocycles. The molecule has 134 valence electrons. The first-order chi connectivity index (χ1) is 11.9. The highest BCUT2D eigenvalue weighted by atomic mass is 19.1. The molecule has 0 bridgehead atoms. The van der Waals surface area contributed by atoms with Crippen LogP contribution in [-0.2, 0) is 17.6 Å². The van der Waals surface area contributed by atoms with Crippen LogP contribution < -0.4 is 10.1 Å². The standard InChI is InChI=1S/C20H24FNO3/c1-20(24,13-15-7-10-17(25-2)11-8-15)14-22-19(23)12-9-16-5-3-4-6-18(16)21/h3-8,10-11,24H,9,12-14H2,1-2H3,(H,22,23). The van der Waals surface area contributed by atoms with Gasteiger partial charge in [-0.15, -0.1) is 0 Å². The monoisotopic (exact) mass is 345 g/mol. The molecular formula is C20H24FNO3. The quantitative estimate of drug-likeness (QED) is 0.773. The van der Waals surface area contributed by atoms with Crippen LogP contribution in [0.25, 0.3) is 0 Å². The molecule has 1 amide bonds. The highest BCUT2D eigenvalue weighted by Gasteiger charge is 2.22. The normalized spacial score (nSPS) is 13.1. The number of hydrogen-bond donors (Lipinski definition) is 2. The Morgan fingerprint density at radius 1 is 1.20 bits per heavy atom. The first-order valence-electron chi connectivity index (χ1n) is 8.25. The smallest absolute Gasteiger partial charge is 0.220 e. The number of halogens is 1. The van der Waals surface area contributed by atoms with Gasteiger partial charge in [0.05, 0.1) is 12.7 Å². The van der Waals surface area contributed by atoms with Gasteiger partial charge in [0.1, 0.15) is 11.6 Å². The first kappa shape index (κ1) is 18.9. The number of carbonyl (C=O) groups excluding carboxylic acids is 1. The molecule has 2 rings (SSSR count). The Balaban J connectivity index is 1.79. The summed E-state index contributed by atoms with van der Waals surface area (Å²) in [5.74, 6) is 0.241. The Morgan fingerprint density at radius 3 is 2.52 bits per heavy atom. The van der Waals surface area contributed by atoms with E-state index < -0.39 is 5.60 Å². The molecule has 2 aromatic rings. The van der Waals surface area contributed by atoms with Gasteiger partial charge in [0.15, 0.2) is 0 Å². The van der Waals surface area contributed by atoms with Gasteiger partial charge >= 0.3 is 0 Å². The fraction of sp³-hybridized carbons (Fsp3) is 0.350. The van der Waals surface area contributed by atoms with Gasteiger partial charge in [-0.1, -0.05) is 30.3 Å². The molecule has 0 saturated heterocycles. The van der Waals surface area contributed by atoms with Gasteiger partial charge in [0.2, 0.25) is 5.91 Å². The van der Waals surface area contributed by atoms with Crippen molar-refractivity contribution in [1.82, 2.24) is 5.32 Å². The topological polar surface area (TPSA) is 58.6 Å². The van der Waals surface area contributed by atoms with E-state index in [1.807, 2.05) is 24.3 Å². The fourth-order valence-corrected chi connectivity index (χ4v) is 2.57. The summed E-state index contributed by atoms with van der Waals surface area (Å²) in [6.45, 7) is 1.81. The summed E-state index contributed by atoms with van der Waals surface area (Å²) >= 11 is 0. The van der Waals surface area contributed by atoms with E-state index in [0.29, 0.717) is 18.4 Å². The van der Waals surface area contributed by atoms with Crippen molar-refractivity contribution < 1.29 is 19.0 Å². The molecule has 0 radical (unpaired) electrons. The van der Waals surface area contributed by atoms with Crippen molar-refractivity contribution in [1.29, 1.82) is 0 Å². The first-order valence-corrected chi connectivity index (χ1v) is 8.25. The zero-order valence-electron chi connectivity index (χ0n) is 14.6. The highest BCUT2D eigenvalue weighted by Crippen LogP contribution is 2.17. The van der Waals surface area contributed by atoms with Crippen LogP contribution in [0.15, 0.2) is 48.5 Å². The largest absolute Gasteiger partial charge is 0.497 e. The van der Waals surface area contributed by atoms with Crippen molar-refractivity contribution in [3.63, 3.8) is 0 Å². The van der Waals surface area contributed by atoms with E-state index in [1.165, 1.54) is 6.07 Å². The van der Waals surface area contributed by atoms with Crippen molar-refractivity contribution in [2.45, 2.75) is 31.8 Å². The zero-order chi connectivity index (χ0) is 18.3. The number of methoxy groups -OCH3 is 1. The van der Waals surface area contributed by atoms with Gasteiger partial charge in [-0.3, -0.25) is 4.79 Å². The maximum Gasteiger partial charge on any atom is 0.220 e. The van der Waals surface area contributed by atoms with Crippen LogP contribution in [0.2, 0.25) is 0 Å². The summed E-state index contributed by atoms with van der Waals surface area (Å²) < 4.78 is 18.6. The van der Waals surface area contributed by atoms with Gasteiger partial charge < -0.3 is 15.2 Å². The third-order valence-corrected chi connectivity index (χ3v) is 3.99. The van der Waals surface area contributed by atoms with E-state index in [4.69, 9.17) is 4.74 Å². The van der Waals surface area contributed by atoms with Crippen LogP contribution in [0.3, 0.4) is 0 Å². The summed E-state index contributed by atoms with van der Waals surface area (Å²) in [6.07, 6.45) is 0.920. The number of ether oxygens (including phenoxy) is 1. The molecular weight excluding hydrogens is 321 g/mol. The van der Waals surface area contributed by atoms with Gasteiger partial charge in [-0.05, 0) is 42.7 Å². The molecule has 0 aromatic heterocycles. The SMILES string of the molecule is COc1ccc(CC(C)(O)CNC(=O)CCc2ccccc2F)cc1. The van der Waals surface area contributed by atoms with Gasteiger partial charge in [0.25, 0.3) is 0 Å². The summed E-state index contributed by atoms with van der Waals surface area (Å²) in [5.41, 5.74) is 0.399. The minimum Gasteiger partial charge on any atom is -0.497 e. The van der Waals surface area contributed by atoms with Crippen LogP contribution in [-0.4, -0.2) is 30.3 Å². The molecule has 5 heteroatoms. The summed E-state index contributed by atoms with van der Waals surface area (Å²) in [5, 5.41) is 13.2. The lowest BCUT2D eigenvalue weighted by molar-refractivity contribution is -0.122. The molecule has 0 aliphatic heterocycles. The van der Waals surface area contributed by atoms with Crippen molar-refractivity contribution in [3.05, 3.63) is 65.5 Å². The molecule has 0 spiro atoms. The van der Waals surface area contributed by atoms with Crippen LogP contribution in [0.5, 0.6) is 5.75 Å². The van der Waals surface area contributed by atoms with E-state index in [-0.39, 0.29) is 24.7 Å². The second kappa shape index (κ2) is 8.62. The Kier molecular flexibility index (Phi) is 6.53. The number of amides is 1. The van der Waals surface area contributed by atoms with Gasteiger partial charge in [0, 0.05) is 19.4 Å². The molecule has 25 heavy (non-hydrogen) atoms. The number of benzene rings is 2. The maximum atomic E-state index is 13.5. The van der Waals surface area contributed by atoms with E-state index >= 15 is 0 Å². The van der Waals surface area contributed by atoms with Crippen LogP contribution >= 0.6 is 0 Å². The predicted octanol–water partition coefficient (Wildman–Crippen LogP) is 2.88. The third-order valence-electron chi connectivity index (χ3n) is 3.99. The van der Waals surface area contributed by atoms with Crippen molar-refractivity contribution in [2.24, 2.45) is 0 Å². The molecule has 2 aromatic carbocycles. The third kappa shape index (κ3) is 6.19. The van der Waals surface area contributed by atoms with Gasteiger partial charge in [-0.2, -0.15) is 0 Å². The highest BCUT2D eigenvalue weighted by molar-refractivity contribution is 5.76. The lowest BCUT2D eigenvalue weighted by Gasteiger charge is -2.24. The summed E-state index contributed by atoms with van der Waals surface area (Å²) in [6, 6.07) is 13.8.